The number of oxazole rings is 1. The molecule has 4 heteroatoms. The number of rotatable bonds is 4. The average molecular weight is 195 g/mol. The number of nitrogens with zero attached hydrogens (tertiary/aromatic N) is 1. The fourth-order valence-electron chi connectivity index (χ4n) is 1.61. The zero-order chi connectivity index (χ0) is 9.80. The van der Waals surface area contributed by atoms with Crippen LogP contribution in [0.25, 0.3) is 0 Å². The molecule has 0 N–H and O–H groups in total. The molecule has 0 aromatic carbocycles. The van der Waals surface area contributed by atoms with Crippen molar-refractivity contribution in [2.45, 2.75) is 19.3 Å². The molecule has 14 heavy (non-hydrogen) atoms. The molecule has 0 spiro atoms. The van der Waals surface area contributed by atoms with Crippen LogP contribution in [0.4, 0.5) is 0 Å². The first-order chi connectivity index (χ1) is 6.88. The summed E-state index contributed by atoms with van der Waals surface area (Å²) < 4.78 is 10.5. The van der Waals surface area contributed by atoms with E-state index in [0.717, 1.165) is 38.2 Å². The van der Waals surface area contributed by atoms with Crippen LogP contribution in [-0.2, 0) is 22.4 Å². The molecule has 0 aliphatic carbocycles. The van der Waals surface area contributed by atoms with E-state index in [4.69, 9.17) is 9.15 Å². The quantitative estimate of drug-likeness (QED) is 0.672. The fraction of sp³-hybridized carbons (Fsp3) is 0.600. The molecule has 2 rings (SSSR count). The van der Waals surface area contributed by atoms with Crippen molar-refractivity contribution in [2.75, 3.05) is 13.2 Å². The van der Waals surface area contributed by atoms with Gasteiger partial charge in [0.2, 0.25) is 0 Å². The zero-order valence-electron chi connectivity index (χ0n) is 7.94. The summed E-state index contributed by atoms with van der Waals surface area (Å²) in [4.78, 5) is 14.4. The third-order valence-electron chi connectivity index (χ3n) is 2.38. The van der Waals surface area contributed by atoms with Crippen LogP contribution in [0.5, 0.6) is 0 Å². The van der Waals surface area contributed by atoms with Gasteiger partial charge in [-0.15, -0.1) is 0 Å². The van der Waals surface area contributed by atoms with Crippen molar-refractivity contribution in [1.29, 1.82) is 0 Å². The van der Waals surface area contributed by atoms with Crippen molar-refractivity contribution in [3.05, 3.63) is 17.8 Å². The van der Waals surface area contributed by atoms with E-state index >= 15 is 0 Å². The molecule has 0 amide bonds. The number of carbonyl (C=O) groups is 1. The Labute approximate surface area is 82.3 Å². The van der Waals surface area contributed by atoms with E-state index in [0.29, 0.717) is 18.0 Å². The molecule has 1 aromatic rings. The van der Waals surface area contributed by atoms with Crippen molar-refractivity contribution in [3.8, 4) is 0 Å². The molecule has 76 valence electrons. The van der Waals surface area contributed by atoms with Gasteiger partial charge in [0.25, 0.3) is 0 Å². The Hall–Kier alpha value is -1.16. The lowest BCUT2D eigenvalue weighted by molar-refractivity contribution is -0.107. The smallest absolute Gasteiger partial charge is 0.194 e. The first-order valence-electron chi connectivity index (χ1n) is 4.83. The van der Waals surface area contributed by atoms with Gasteiger partial charge in [0.1, 0.15) is 12.5 Å². The Morgan fingerprint density at radius 2 is 2.57 bits per heavy atom. The molecule has 1 aromatic heterocycles. The van der Waals surface area contributed by atoms with Crippen LogP contribution in [0.15, 0.2) is 10.7 Å². The van der Waals surface area contributed by atoms with Gasteiger partial charge in [0, 0.05) is 26.1 Å². The topological polar surface area (TPSA) is 52.3 Å². The second kappa shape index (κ2) is 4.37. The Morgan fingerprint density at radius 1 is 1.64 bits per heavy atom. The highest BCUT2D eigenvalue weighted by Gasteiger charge is 2.18. The van der Waals surface area contributed by atoms with E-state index < -0.39 is 0 Å². The van der Waals surface area contributed by atoms with Crippen LogP contribution in [0.3, 0.4) is 0 Å². The van der Waals surface area contributed by atoms with Crippen LogP contribution >= 0.6 is 0 Å². The highest BCUT2D eigenvalue weighted by molar-refractivity contribution is 5.53. The second-order valence-electron chi connectivity index (χ2n) is 3.54. The van der Waals surface area contributed by atoms with Crippen LogP contribution in [0.1, 0.15) is 18.0 Å². The Morgan fingerprint density at radius 3 is 3.29 bits per heavy atom. The molecule has 1 unspecified atom stereocenters. The van der Waals surface area contributed by atoms with Crippen LogP contribution in [0, 0.1) is 5.92 Å². The molecule has 1 atom stereocenters. The summed E-state index contributed by atoms with van der Waals surface area (Å²) in [5.74, 6) is 1.25. The first-order valence-corrected chi connectivity index (χ1v) is 4.83. The lowest BCUT2D eigenvalue weighted by atomic mass is 10.1. The van der Waals surface area contributed by atoms with Crippen LogP contribution in [0.2, 0.25) is 0 Å². The van der Waals surface area contributed by atoms with Gasteiger partial charge in [-0.3, -0.25) is 0 Å². The molecule has 2 heterocycles. The molecular formula is C10H13NO3. The number of hydrogen-bond acceptors (Lipinski definition) is 4. The van der Waals surface area contributed by atoms with Gasteiger partial charge in [-0.25, -0.2) is 4.98 Å². The Balaban J connectivity index is 1.91. The predicted octanol–water partition coefficient (Wildman–Crippen LogP) is 0.995. The van der Waals surface area contributed by atoms with E-state index in [1.165, 1.54) is 0 Å². The minimum absolute atomic E-state index is 0.338. The summed E-state index contributed by atoms with van der Waals surface area (Å²) in [6, 6.07) is 0. The van der Waals surface area contributed by atoms with Gasteiger partial charge in [0.15, 0.2) is 5.89 Å². The molecule has 1 saturated heterocycles. The third kappa shape index (κ3) is 2.20. The number of hydrogen-bond donors (Lipinski definition) is 0. The molecule has 1 fully saturated rings. The third-order valence-corrected chi connectivity index (χ3v) is 2.38. The largest absolute Gasteiger partial charge is 0.449 e. The predicted molar refractivity (Wildman–Crippen MR) is 48.9 cm³/mol. The lowest BCUT2D eigenvalue weighted by Gasteiger charge is -2.01. The summed E-state index contributed by atoms with van der Waals surface area (Å²) in [5.41, 5.74) is 0.717. The summed E-state index contributed by atoms with van der Waals surface area (Å²) in [5, 5.41) is 0. The van der Waals surface area contributed by atoms with Crippen molar-refractivity contribution in [2.24, 2.45) is 5.92 Å². The first kappa shape index (κ1) is 9.40. The molecule has 1 aliphatic rings. The standard InChI is InChI=1S/C10H13NO3/c12-3-1-9-7-14-10(11-9)5-8-2-4-13-6-8/h3,7-8H,1-2,4-6H2. The van der Waals surface area contributed by atoms with E-state index in [1.54, 1.807) is 6.26 Å². The highest BCUT2D eigenvalue weighted by Crippen LogP contribution is 2.17. The summed E-state index contributed by atoms with van der Waals surface area (Å²) in [7, 11) is 0. The van der Waals surface area contributed by atoms with Gasteiger partial charge < -0.3 is 13.9 Å². The van der Waals surface area contributed by atoms with Crippen molar-refractivity contribution < 1.29 is 13.9 Å². The Bertz CT molecular complexity index is 302. The Kier molecular flexibility index (Phi) is 2.93. The van der Waals surface area contributed by atoms with Crippen molar-refractivity contribution >= 4 is 6.29 Å². The van der Waals surface area contributed by atoms with E-state index in [-0.39, 0.29) is 0 Å². The number of aldehydes is 1. The molecule has 0 bridgehead atoms. The van der Waals surface area contributed by atoms with Crippen LogP contribution < -0.4 is 0 Å². The zero-order valence-corrected chi connectivity index (χ0v) is 7.94. The number of carbonyl (C=O) groups excluding carboxylic acids is 1. The average Bonchev–Trinajstić information content (AvgIpc) is 2.79. The summed E-state index contributed by atoms with van der Waals surface area (Å²) in [6.45, 7) is 1.64. The molecular weight excluding hydrogens is 182 g/mol. The van der Waals surface area contributed by atoms with Gasteiger partial charge in [-0.1, -0.05) is 0 Å². The van der Waals surface area contributed by atoms with E-state index in [2.05, 4.69) is 4.98 Å². The fourth-order valence-corrected chi connectivity index (χ4v) is 1.61. The van der Waals surface area contributed by atoms with Crippen molar-refractivity contribution in [3.63, 3.8) is 0 Å². The normalized spacial score (nSPS) is 21.3. The molecule has 0 saturated carbocycles. The number of ether oxygens (including phenoxy) is 1. The van der Waals surface area contributed by atoms with E-state index in [1.807, 2.05) is 0 Å². The van der Waals surface area contributed by atoms with Crippen LogP contribution in [-0.4, -0.2) is 24.5 Å². The minimum atomic E-state index is 0.338. The van der Waals surface area contributed by atoms with Gasteiger partial charge in [-0.05, 0) is 12.3 Å². The number of aromatic nitrogens is 1. The molecule has 1 aliphatic heterocycles. The molecule has 4 nitrogen and oxygen atoms in total. The van der Waals surface area contributed by atoms with Gasteiger partial charge in [-0.2, -0.15) is 0 Å². The van der Waals surface area contributed by atoms with Crippen molar-refractivity contribution in [1.82, 2.24) is 4.98 Å². The molecule has 0 radical (unpaired) electrons. The van der Waals surface area contributed by atoms with Gasteiger partial charge in [0.05, 0.1) is 5.69 Å². The monoisotopic (exact) mass is 195 g/mol. The maximum absolute atomic E-state index is 10.2. The summed E-state index contributed by atoms with van der Waals surface area (Å²) >= 11 is 0. The van der Waals surface area contributed by atoms with Gasteiger partial charge >= 0.3 is 0 Å². The maximum atomic E-state index is 10.2. The minimum Gasteiger partial charge on any atom is -0.449 e. The SMILES string of the molecule is O=CCc1coc(CC2CCOC2)n1. The lowest BCUT2D eigenvalue weighted by Crippen LogP contribution is -2.03. The van der Waals surface area contributed by atoms with E-state index in [9.17, 15) is 4.79 Å². The summed E-state index contributed by atoms with van der Waals surface area (Å²) in [6.07, 6.45) is 4.62. The highest BCUT2D eigenvalue weighted by atomic mass is 16.5. The second-order valence-corrected chi connectivity index (χ2v) is 3.54. The maximum Gasteiger partial charge on any atom is 0.194 e.